The smallest absolute Gasteiger partial charge is 0.258 e. The molecule has 2 aromatic rings. The van der Waals surface area contributed by atoms with Crippen LogP contribution in [0, 0.1) is 0 Å². The standard InChI is InChI=1S/C22H28ClN3O3/c1-25-11-13-26(14-12-25)21(17-3-5-18(23)6-4-17)15-24-22(27)16-29-20-9-7-19(28-2)8-10-20/h3-10,21H,11-16H2,1-2H3,(H,24,27)/t21-/m0/s1. The van der Waals surface area contributed by atoms with Crippen molar-refractivity contribution in [2.45, 2.75) is 6.04 Å². The average molecular weight is 418 g/mol. The molecular formula is C22H28ClN3O3. The van der Waals surface area contributed by atoms with E-state index in [0.29, 0.717) is 17.3 Å². The van der Waals surface area contributed by atoms with Crippen LogP contribution in [0.25, 0.3) is 0 Å². The van der Waals surface area contributed by atoms with Crippen LogP contribution in [0.5, 0.6) is 11.5 Å². The van der Waals surface area contributed by atoms with Gasteiger partial charge in [0.15, 0.2) is 6.61 Å². The Morgan fingerprint density at radius 2 is 1.66 bits per heavy atom. The fourth-order valence-electron chi connectivity index (χ4n) is 3.36. The Kier molecular flexibility index (Phi) is 7.75. The molecule has 0 saturated carbocycles. The molecule has 0 radical (unpaired) electrons. The fraction of sp³-hybridized carbons (Fsp3) is 0.409. The fourth-order valence-corrected chi connectivity index (χ4v) is 3.48. The van der Waals surface area contributed by atoms with Gasteiger partial charge in [-0.25, -0.2) is 0 Å². The summed E-state index contributed by atoms with van der Waals surface area (Å²) in [5, 5.41) is 3.73. The first kappa shape index (κ1) is 21.4. The largest absolute Gasteiger partial charge is 0.497 e. The van der Waals surface area contributed by atoms with Crippen LogP contribution >= 0.6 is 11.6 Å². The van der Waals surface area contributed by atoms with Crippen molar-refractivity contribution in [2.24, 2.45) is 0 Å². The van der Waals surface area contributed by atoms with E-state index in [1.807, 2.05) is 24.3 Å². The molecule has 1 amide bonds. The topological polar surface area (TPSA) is 54.0 Å². The summed E-state index contributed by atoms with van der Waals surface area (Å²) in [4.78, 5) is 17.1. The van der Waals surface area contributed by atoms with E-state index >= 15 is 0 Å². The van der Waals surface area contributed by atoms with Gasteiger partial charge in [-0.3, -0.25) is 9.69 Å². The molecule has 0 aromatic heterocycles. The highest BCUT2D eigenvalue weighted by Gasteiger charge is 2.24. The van der Waals surface area contributed by atoms with Gasteiger partial charge in [-0.05, 0) is 49.0 Å². The number of methoxy groups -OCH3 is 1. The van der Waals surface area contributed by atoms with Crippen molar-refractivity contribution < 1.29 is 14.3 Å². The quantitative estimate of drug-likeness (QED) is 0.715. The third-order valence-electron chi connectivity index (χ3n) is 5.16. The molecule has 1 aliphatic rings. The first-order chi connectivity index (χ1) is 14.0. The molecule has 1 aliphatic heterocycles. The molecule has 1 heterocycles. The van der Waals surface area contributed by atoms with Crippen LogP contribution < -0.4 is 14.8 Å². The van der Waals surface area contributed by atoms with Crippen molar-refractivity contribution in [3.8, 4) is 11.5 Å². The summed E-state index contributed by atoms with van der Waals surface area (Å²) in [6.45, 7) is 4.44. The molecule has 6 nitrogen and oxygen atoms in total. The Morgan fingerprint density at radius 1 is 1.03 bits per heavy atom. The van der Waals surface area contributed by atoms with Gasteiger partial charge in [-0.15, -0.1) is 0 Å². The second kappa shape index (κ2) is 10.5. The number of benzene rings is 2. The molecule has 1 fully saturated rings. The molecular weight excluding hydrogens is 390 g/mol. The highest BCUT2D eigenvalue weighted by Crippen LogP contribution is 2.23. The van der Waals surface area contributed by atoms with Gasteiger partial charge >= 0.3 is 0 Å². The molecule has 0 bridgehead atoms. The van der Waals surface area contributed by atoms with E-state index < -0.39 is 0 Å². The third-order valence-corrected chi connectivity index (χ3v) is 5.41. The predicted octanol–water partition coefficient (Wildman–Crippen LogP) is 2.83. The molecule has 1 N–H and O–H groups in total. The number of likely N-dealkylation sites (N-methyl/N-ethyl adjacent to an activating group) is 1. The molecule has 2 aromatic carbocycles. The summed E-state index contributed by atoms with van der Waals surface area (Å²) in [6.07, 6.45) is 0. The number of carbonyl (C=O) groups excluding carboxylic acids is 1. The maximum absolute atomic E-state index is 12.4. The summed E-state index contributed by atoms with van der Waals surface area (Å²) in [6, 6.07) is 15.1. The molecule has 0 spiro atoms. The van der Waals surface area contributed by atoms with Gasteiger partial charge in [0.25, 0.3) is 5.91 Å². The predicted molar refractivity (Wildman–Crippen MR) is 115 cm³/mol. The Balaban J connectivity index is 1.56. The number of nitrogens with zero attached hydrogens (tertiary/aromatic N) is 2. The number of piperazine rings is 1. The Bertz CT molecular complexity index is 775. The second-order valence-electron chi connectivity index (χ2n) is 7.17. The average Bonchev–Trinajstić information content (AvgIpc) is 2.75. The van der Waals surface area contributed by atoms with E-state index in [2.05, 4.69) is 22.2 Å². The lowest BCUT2D eigenvalue weighted by atomic mass is 10.0. The Hall–Kier alpha value is -2.28. The molecule has 1 saturated heterocycles. The number of halogens is 1. The molecule has 29 heavy (non-hydrogen) atoms. The zero-order valence-corrected chi connectivity index (χ0v) is 17.7. The number of hydrogen-bond acceptors (Lipinski definition) is 5. The minimum absolute atomic E-state index is 0.0254. The third kappa shape index (κ3) is 6.35. The van der Waals surface area contributed by atoms with Crippen LogP contribution in [0.15, 0.2) is 48.5 Å². The summed E-state index contributed by atoms with van der Waals surface area (Å²) < 4.78 is 10.7. The molecule has 3 rings (SSSR count). The first-order valence-corrected chi connectivity index (χ1v) is 10.1. The van der Waals surface area contributed by atoms with Crippen LogP contribution in [-0.2, 0) is 4.79 Å². The van der Waals surface area contributed by atoms with Crippen LogP contribution in [-0.4, -0.2) is 69.2 Å². The summed E-state index contributed by atoms with van der Waals surface area (Å²) in [7, 11) is 3.74. The first-order valence-electron chi connectivity index (χ1n) is 9.77. The van der Waals surface area contributed by atoms with Gasteiger partial charge in [-0.2, -0.15) is 0 Å². The highest BCUT2D eigenvalue weighted by molar-refractivity contribution is 6.30. The van der Waals surface area contributed by atoms with Crippen LogP contribution in [0.3, 0.4) is 0 Å². The maximum atomic E-state index is 12.4. The molecule has 7 heteroatoms. The normalized spacial score (nSPS) is 16.2. The maximum Gasteiger partial charge on any atom is 0.258 e. The van der Waals surface area contributed by atoms with Crippen molar-refractivity contribution in [1.82, 2.24) is 15.1 Å². The van der Waals surface area contributed by atoms with Gasteiger partial charge in [-0.1, -0.05) is 23.7 Å². The Labute approximate surface area is 177 Å². The van der Waals surface area contributed by atoms with E-state index in [9.17, 15) is 4.79 Å². The summed E-state index contributed by atoms with van der Waals surface area (Å²) in [5.41, 5.74) is 1.15. The van der Waals surface area contributed by atoms with Crippen LogP contribution in [0.2, 0.25) is 5.02 Å². The number of nitrogens with one attached hydrogen (secondary N) is 1. The SMILES string of the molecule is COc1ccc(OCC(=O)NC[C@@H](c2ccc(Cl)cc2)N2CCN(C)CC2)cc1. The lowest BCUT2D eigenvalue weighted by Crippen LogP contribution is -2.48. The summed E-state index contributed by atoms with van der Waals surface area (Å²) >= 11 is 6.05. The lowest BCUT2D eigenvalue weighted by Gasteiger charge is -2.38. The number of rotatable bonds is 8. The van der Waals surface area contributed by atoms with E-state index in [1.54, 1.807) is 31.4 Å². The molecule has 0 unspecified atom stereocenters. The minimum atomic E-state index is -0.145. The van der Waals surface area contributed by atoms with E-state index in [1.165, 1.54) is 0 Å². The highest BCUT2D eigenvalue weighted by atomic mass is 35.5. The molecule has 156 valence electrons. The summed E-state index contributed by atoms with van der Waals surface area (Å²) in [5.74, 6) is 1.24. The van der Waals surface area contributed by atoms with Crippen LogP contribution in [0.1, 0.15) is 11.6 Å². The van der Waals surface area contributed by atoms with Gasteiger partial charge in [0, 0.05) is 37.7 Å². The van der Waals surface area contributed by atoms with Crippen molar-refractivity contribution >= 4 is 17.5 Å². The van der Waals surface area contributed by atoms with Crippen molar-refractivity contribution in [3.05, 3.63) is 59.1 Å². The van der Waals surface area contributed by atoms with Crippen molar-refractivity contribution in [1.29, 1.82) is 0 Å². The lowest BCUT2D eigenvalue weighted by molar-refractivity contribution is -0.123. The number of ether oxygens (including phenoxy) is 2. The Morgan fingerprint density at radius 3 is 2.28 bits per heavy atom. The van der Waals surface area contributed by atoms with Gasteiger partial charge in [0.1, 0.15) is 11.5 Å². The second-order valence-corrected chi connectivity index (χ2v) is 7.61. The van der Waals surface area contributed by atoms with Gasteiger partial charge in [0.2, 0.25) is 0 Å². The van der Waals surface area contributed by atoms with Crippen molar-refractivity contribution in [3.63, 3.8) is 0 Å². The minimum Gasteiger partial charge on any atom is -0.497 e. The zero-order valence-electron chi connectivity index (χ0n) is 16.9. The van der Waals surface area contributed by atoms with E-state index in [-0.39, 0.29) is 18.6 Å². The van der Waals surface area contributed by atoms with Gasteiger partial charge < -0.3 is 19.7 Å². The van der Waals surface area contributed by atoms with E-state index in [0.717, 1.165) is 37.5 Å². The molecule has 1 atom stereocenters. The van der Waals surface area contributed by atoms with Gasteiger partial charge in [0.05, 0.1) is 13.2 Å². The number of hydrogen-bond donors (Lipinski definition) is 1. The zero-order chi connectivity index (χ0) is 20.6. The van der Waals surface area contributed by atoms with E-state index in [4.69, 9.17) is 21.1 Å². The number of amides is 1. The number of carbonyl (C=O) groups is 1. The molecule has 0 aliphatic carbocycles. The monoisotopic (exact) mass is 417 g/mol. The van der Waals surface area contributed by atoms with Crippen molar-refractivity contribution in [2.75, 3.05) is 53.5 Å². The van der Waals surface area contributed by atoms with Crippen LogP contribution in [0.4, 0.5) is 0 Å².